The van der Waals surface area contributed by atoms with Gasteiger partial charge in [-0.15, -0.1) is 0 Å². The van der Waals surface area contributed by atoms with E-state index in [0.717, 1.165) is 17.6 Å². The van der Waals surface area contributed by atoms with Crippen molar-refractivity contribution in [1.29, 1.82) is 0 Å². The maximum atomic E-state index is 11.1. The quantitative estimate of drug-likeness (QED) is 0.730. The van der Waals surface area contributed by atoms with E-state index in [1.165, 1.54) is 0 Å². The first kappa shape index (κ1) is 13.7. The van der Waals surface area contributed by atoms with Crippen molar-refractivity contribution in [2.24, 2.45) is 0 Å². The third-order valence-corrected chi connectivity index (χ3v) is 3.57. The molecule has 0 bridgehead atoms. The number of H-pyrrole nitrogens is 1. The third-order valence-electron chi connectivity index (χ3n) is 2.75. The molecule has 7 nitrogen and oxygen atoms in total. The maximum Gasteiger partial charge on any atom is 0.226 e. The average molecular weight is 282 g/mol. The minimum Gasteiger partial charge on any atom is -0.367 e. The van der Waals surface area contributed by atoms with Crippen LogP contribution in [0.3, 0.4) is 0 Å². The fraction of sp³-hybridized carbons (Fsp3) is 0.545. The highest BCUT2D eigenvalue weighted by Crippen LogP contribution is 2.20. The molecule has 0 aromatic carbocycles. The highest BCUT2D eigenvalue weighted by Gasteiger charge is 2.11. The number of nitrogens with one attached hydrogen (secondary N) is 3. The molecule has 0 aliphatic carbocycles. The second-order valence-corrected chi connectivity index (χ2v) is 5.94. The Hall–Kier alpha value is -1.70. The van der Waals surface area contributed by atoms with Gasteiger partial charge in [0.05, 0.1) is 11.6 Å². The van der Waals surface area contributed by atoms with Crippen LogP contribution < -0.4 is 10.6 Å². The third kappa shape index (κ3) is 3.40. The molecule has 0 radical (unpaired) electrons. The molecule has 0 aliphatic rings. The molecule has 0 saturated carbocycles. The summed E-state index contributed by atoms with van der Waals surface area (Å²) < 4.78 is 11.1. The largest absolute Gasteiger partial charge is 0.367 e. The lowest BCUT2D eigenvalue weighted by atomic mass is 10.2. The van der Waals surface area contributed by atoms with E-state index < -0.39 is 10.8 Å². The summed E-state index contributed by atoms with van der Waals surface area (Å²) >= 11 is 0. The van der Waals surface area contributed by atoms with Crippen molar-refractivity contribution in [3.8, 4) is 0 Å². The second-order valence-electron chi connectivity index (χ2n) is 4.39. The van der Waals surface area contributed by atoms with Crippen molar-refractivity contribution >= 4 is 33.6 Å². The van der Waals surface area contributed by atoms with Crippen LogP contribution in [0.4, 0.5) is 11.8 Å². The molecule has 2 unspecified atom stereocenters. The standard InChI is InChI=1S/C11H18N6OS/c1-7(4-5-19(3)18)14-9-8-6-13-17-10(8)16-11(12-2)15-9/h6-7H,4-5H2,1-3H3,(H3,12,13,14,15,16,17). The lowest BCUT2D eigenvalue weighted by molar-refractivity contribution is 0.678. The Morgan fingerprint density at radius 1 is 1.47 bits per heavy atom. The summed E-state index contributed by atoms with van der Waals surface area (Å²) in [5, 5.41) is 13.9. The zero-order valence-electron chi connectivity index (χ0n) is 11.2. The Kier molecular flexibility index (Phi) is 4.31. The molecule has 0 fully saturated rings. The topological polar surface area (TPSA) is 95.6 Å². The van der Waals surface area contributed by atoms with E-state index in [1.807, 2.05) is 6.92 Å². The van der Waals surface area contributed by atoms with Gasteiger partial charge in [-0.3, -0.25) is 9.31 Å². The van der Waals surface area contributed by atoms with Crippen LogP contribution in [0.1, 0.15) is 13.3 Å². The van der Waals surface area contributed by atoms with Gasteiger partial charge >= 0.3 is 0 Å². The van der Waals surface area contributed by atoms with Crippen molar-refractivity contribution in [3.05, 3.63) is 6.20 Å². The molecule has 2 aromatic rings. The molecule has 0 saturated heterocycles. The lowest BCUT2D eigenvalue weighted by Crippen LogP contribution is -2.19. The van der Waals surface area contributed by atoms with Gasteiger partial charge in [-0.1, -0.05) is 0 Å². The van der Waals surface area contributed by atoms with E-state index in [2.05, 4.69) is 30.8 Å². The predicted octanol–water partition coefficient (Wildman–Crippen LogP) is 0.964. The van der Waals surface area contributed by atoms with Crippen LogP contribution in [0, 0.1) is 0 Å². The van der Waals surface area contributed by atoms with Crippen molar-refractivity contribution in [1.82, 2.24) is 20.2 Å². The van der Waals surface area contributed by atoms with Crippen LogP contribution in [0.15, 0.2) is 6.20 Å². The molecule has 0 amide bonds. The van der Waals surface area contributed by atoms with Gasteiger partial charge in [0.25, 0.3) is 0 Å². The van der Waals surface area contributed by atoms with Gasteiger partial charge in [-0.05, 0) is 13.3 Å². The van der Waals surface area contributed by atoms with Crippen LogP contribution in [0.5, 0.6) is 0 Å². The Bertz CT molecular complexity index is 584. The lowest BCUT2D eigenvalue weighted by Gasteiger charge is -2.14. The smallest absolute Gasteiger partial charge is 0.226 e. The number of nitrogens with zero attached hydrogens (tertiary/aromatic N) is 3. The van der Waals surface area contributed by atoms with Crippen molar-refractivity contribution in [2.45, 2.75) is 19.4 Å². The van der Waals surface area contributed by atoms with Gasteiger partial charge < -0.3 is 10.6 Å². The van der Waals surface area contributed by atoms with Gasteiger partial charge in [0.2, 0.25) is 5.95 Å². The first-order chi connectivity index (χ1) is 9.10. The summed E-state index contributed by atoms with van der Waals surface area (Å²) in [4.78, 5) is 8.66. The van der Waals surface area contributed by atoms with Gasteiger partial charge in [-0.25, -0.2) is 0 Å². The molecule has 2 heterocycles. The Balaban J connectivity index is 2.18. The Morgan fingerprint density at radius 2 is 2.26 bits per heavy atom. The number of rotatable bonds is 6. The first-order valence-electron chi connectivity index (χ1n) is 6.05. The first-order valence-corrected chi connectivity index (χ1v) is 7.78. The van der Waals surface area contributed by atoms with Gasteiger partial charge in [0.1, 0.15) is 5.82 Å². The molecular formula is C11H18N6OS. The monoisotopic (exact) mass is 282 g/mol. The Labute approximate surface area is 114 Å². The summed E-state index contributed by atoms with van der Waals surface area (Å²) in [6.07, 6.45) is 4.23. The fourth-order valence-corrected chi connectivity index (χ4v) is 2.39. The molecule has 2 aromatic heterocycles. The van der Waals surface area contributed by atoms with Crippen LogP contribution in [0.2, 0.25) is 0 Å². The van der Waals surface area contributed by atoms with Gasteiger partial charge in [0.15, 0.2) is 5.65 Å². The molecule has 2 atom stereocenters. The van der Waals surface area contributed by atoms with E-state index in [-0.39, 0.29) is 6.04 Å². The van der Waals surface area contributed by atoms with Crippen LogP contribution in [-0.2, 0) is 10.8 Å². The summed E-state index contributed by atoms with van der Waals surface area (Å²) in [5.41, 5.74) is 0.688. The van der Waals surface area contributed by atoms with Crippen molar-refractivity contribution in [2.75, 3.05) is 29.7 Å². The predicted molar refractivity (Wildman–Crippen MR) is 77.9 cm³/mol. The summed E-state index contributed by atoms with van der Waals surface area (Å²) in [5.74, 6) is 1.94. The van der Waals surface area contributed by atoms with E-state index in [0.29, 0.717) is 17.3 Å². The Morgan fingerprint density at radius 3 is 2.95 bits per heavy atom. The van der Waals surface area contributed by atoms with Crippen LogP contribution >= 0.6 is 0 Å². The van der Waals surface area contributed by atoms with E-state index in [9.17, 15) is 4.21 Å². The zero-order valence-corrected chi connectivity index (χ0v) is 12.0. The molecular weight excluding hydrogens is 264 g/mol. The molecule has 19 heavy (non-hydrogen) atoms. The van der Waals surface area contributed by atoms with Gasteiger partial charge in [-0.2, -0.15) is 15.1 Å². The number of fused-ring (bicyclic) bond motifs is 1. The summed E-state index contributed by atoms with van der Waals surface area (Å²) in [6, 6.07) is 0.182. The van der Waals surface area contributed by atoms with Crippen molar-refractivity contribution < 1.29 is 4.21 Å². The van der Waals surface area contributed by atoms with E-state index in [1.54, 1.807) is 19.5 Å². The SMILES string of the molecule is CNc1nc(NC(C)CCS(C)=O)c2cn[nH]c2n1. The van der Waals surface area contributed by atoms with Gasteiger partial charge in [0, 0.05) is 35.9 Å². The second kappa shape index (κ2) is 5.96. The number of aromatic amines is 1. The number of aromatic nitrogens is 4. The molecule has 0 aliphatic heterocycles. The number of anilines is 2. The maximum absolute atomic E-state index is 11.1. The zero-order chi connectivity index (χ0) is 13.8. The normalized spacial score (nSPS) is 14.3. The van der Waals surface area contributed by atoms with Crippen molar-refractivity contribution in [3.63, 3.8) is 0 Å². The van der Waals surface area contributed by atoms with E-state index >= 15 is 0 Å². The minimum absolute atomic E-state index is 0.182. The van der Waals surface area contributed by atoms with Crippen LogP contribution in [-0.4, -0.2) is 49.5 Å². The molecule has 2 rings (SSSR count). The average Bonchev–Trinajstić information content (AvgIpc) is 2.84. The summed E-state index contributed by atoms with van der Waals surface area (Å²) in [7, 11) is 0.996. The number of hydrogen-bond acceptors (Lipinski definition) is 6. The molecule has 104 valence electrons. The highest BCUT2D eigenvalue weighted by molar-refractivity contribution is 7.84. The van der Waals surface area contributed by atoms with E-state index in [4.69, 9.17) is 0 Å². The minimum atomic E-state index is -0.773. The fourth-order valence-electron chi connectivity index (χ4n) is 1.71. The molecule has 0 spiro atoms. The molecule has 3 N–H and O–H groups in total. The molecule has 8 heteroatoms. The summed E-state index contributed by atoms with van der Waals surface area (Å²) in [6.45, 7) is 2.04. The number of hydrogen-bond donors (Lipinski definition) is 3. The highest BCUT2D eigenvalue weighted by atomic mass is 32.2. The van der Waals surface area contributed by atoms with Crippen LogP contribution in [0.25, 0.3) is 11.0 Å².